The van der Waals surface area contributed by atoms with Crippen molar-refractivity contribution >= 4 is 0 Å². The van der Waals surface area contributed by atoms with E-state index >= 15 is 0 Å². The summed E-state index contributed by atoms with van der Waals surface area (Å²) in [5, 5.41) is 8.88. The van der Waals surface area contributed by atoms with E-state index in [4.69, 9.17) is 5.26 Å². The third kappa shape index (κ3) is 2.20. The van der Waals surface area contributed by atoms with Gasteiger partial charge in [0.05, 0.1) is 12.1 Å². The van der Waals surface area contributed by atoms with E-state index < -0.39 is 11.6 Å². The van der Waals surface area contributed by atoms with E-state index in [2.05, 4.69) is 6.07 Å². The van der Waals surface area contributed by atoms with Crippen molar-refractivity contribution in [3.8, 4) is 6.07 Å². The topological polar surface area (TPSA) is 27.0 Å². The fourth-order valence-corrected chi connectivity index (χ4v) is 2.03. The molecule has 4 heteroatoms. The molecule has 1 aromatic carbocycles. The summed E-state index contributed by atoms with van der Waals surface area (Å²) in [5.41, 5.74) is 0.448. The zero-order chi connectivity index (χ0) is 11.5. The molecule has 1 saturated heterocycles. The molecule has 84 valence electrons. The first kappa shape index (κ1) is 11.0. The number of nitriles is 1. The zero-order valence-corrected chi connectivity index (χ0v) is 8.79. The lowest BCUT2D eigenvalue weighted by Gasteiger charge is -2.19. The lowest BCUT2D eigenvalue weighted by atomic mass is 10.2. The van der Waals surface area contributed by atoms with E-state index in [1.54, 1.807) is 0 Å². The van der Waals surface area contributed by atoms with Crippen molar-refractivity contribution in [2.75, 3.05) is 6.54 Å². The first-order valence-corrected chi connectivity index (χ1v) is 5.28. The molecular weight excluding hydrogens is 210 g/mol. The summed E-state index contributed by atoms with van der Waals surface area (Å²) >= 11 is 0. The molecule has 0 amide bonds. The number of hydrogen-bond donors (Lipinski definition) is 0. The van der Waals surface area contributed by atoms with Gasteiger partial charge in [0.25, 0.3) is 0 Å². The van der Waals surface area contributed by atoms with Gasteiger partial charge in [-0.3, -0.25) is 4.90 Å². The Labute approximate surface area is 93.1 Å². The van der Waals surface area contributed by atoms with E-state index in [9.17, 15) is 8.78 Å². The summed E-state index contributed by atoms with van der Waals surface area (Å²) in [6.45, 7) is 1.18. The van der Waals surface area contributed by atoms with Gasteiger partial charge in [0.2, 0.25) is 0 Å². The molecule has 1 heterocycles. The summed E-state index contributed by atoms with van der Waals surface area (Å²) in [6.07, 6.45) is 1.79. The van der Waals surface area contributed by atoms with Gasteiger partial charge < -0.3 is 0 Å². The molecule has 0 N–H and O–H groups in total. The number of likely N-dealkylation sites (tertiary alicyclic amines) is 1. The maximum Gasteiger partial charge on any atom is 0.130 e. The Kier molecular flexibility index (Phi) is 3.16. The van der Waals surface area contributed by atoms with Gasteiger partial charge in [0.1, 0.15) is 11.6 Å². The van der Waals surface area contributed by atoms with Crippen molar-refractivity contribution in [1.82, 2.24) is 4.90 Å². The number of nitrogens with zero attached hydrogens (tertiary/aromatic N) is 2. The Morgan fingerprint density at radius 3 is 2.94 bits per heavy atom. The van der Waals surface area contributed by atoms with Gasteiger partial charge in [-0.2, -0.15) is 5.26 Å². The highest BCUT2D eigenvalue weighted by Gasteiger charge is 2.24. The van der Waals surface area contributed by atoms with Crippen molar-refractivity contribution in [3.05, 3.63) is 35.4 Å². The number of hydrogen-bond acceptors (Lipinski definition) is 2. The van der Waals surface area contributed by atoms with E-state index in [-0.39, 0.29) is 6.04 Å². The maximum absolute atomic E-state index is 13.4. The number of halogens is 2. The van der Waals surface area contributed by atoms with Crippen LogP contribution in [0.2, 0.25) is 0 Å². The van der Waals surface area contributed by atoms with Gasteiger partial charge in [-0.25, -0.2) is 8.78 Å². The predicted octanol–water partition coefficient (Wildman–Crippen LogP) is 2.45. The molecule has 1 aromatic rings. The lowest BCUT2D eigenvalue weighted by Crippen LogP contribution is -2.27. The highest BCUT2D eigenvalue weighted by Crippen LogP contribution is 2.20. The molecule has 0 aromatic heterocycles. The zero-order valence-electron chi connectivity index (χ0n) is 8.79. The van der Waals surface area contributed by atoms with E-state index in [1.165, 1.54) is 12.1 Å². The molecule has 1 aliphatic rings. The molecule has 1 aliphatic heterocycles. The SMILES string of the molecule is N#CC1CCCN1Cc1ccc(F)cc1F. The second kappa shape index (κ2) is 4.58. The fourth-order valence-electron chi connectivity index (χ4n) is 2.03. The van der Waals surface area contributed by atoms with Crippen molar-refractivity contribution in [3.63, 3.8) is 0 Å². The van der Waals surface area contributed by atoms with Crippen LogP contribution in [-0.4, -0.2) is 17.5 Å². The Bertz CT molecular complexity index is 426. The van der Waals surface area contributed by atoms with Crippen LogP contribution in [0.15, 0.2) is 18.2 Å². The number of benzene rings is 1. The molecule has 1 unspecified atom stereocenters. The number of rotatable bonds is 2. The molecule has 1 atom stereocenters. The van der Waals surface area contributed by atoms with E-state index in [0.29, 0.717) is 12.1 Å². The van der Waals surface area contributed by atoms with Gasteiger partial charge in [-0.1, -0.05) is 6.07 Å². The molecule has 16 heavy (non-hydrogen) atoms. The van der Waals surface area contributed by atoms with Gasteiger partial charge in [-0.05, 0) is 25.5 Å². The maximum atomic E-state index is 13.4. The lowest BCUT2D eigenvalue weighted by molar-refractivity contribution is 0.282. The fraction of sp³-hybridized carbons (Fsp3) is 0.417. The van der Waals surface area contributed by atoms with Crippen LogP contribution in [0.4, 0.5) is 8.78 Å². The molecule has 0 saturated carbocycles. The second-order valence-electron chi connectivity index (χ2n) is 3.99. The van der Waals surface area contributed by atoms with E-state index in [1.807, 2.05) is 4.90 Å². The van der Waals surface area contributed by atoms with Crippen LogP contribution < -0.4 is 0 Å². The highest BCUT2D eigenvalue weighted by atomic mass is 19.1. The predicted molar refractivity (Wildman–Crippen MR) is 55.4 cm³/mol. The minimum atomic E-state index is -0.570. The summed E-state index contributed by atoms with van der Waals surface area (Å²) in [4.78, 5) is 1.93. The first-order valence-electron chi connectivity index (χ1n) is 5.28. The summed E-state index contributed by atoms with van der Waals surface area (Å²) in [5.74, 6) is -1.11. The van der Waals surface area contributed by atoms with Gasteiger partial charge in [0.15, 0.2) is 0 Å². The van der Waals surface area contributed by atoms with Crippen LogP contribution in [0.25, 0.3) is 0 Å². The van der Waals surface area contributed by atoms with Crippen molar-refractivity contribution in [2.45, 2.75) is 25.4 Å². The second-order valence-corrected chi connectivity index (χ2v) is 3.99. The Balaban J connectivity index is 2.12. The summed E-state index contributed by atoms with van der Waals surface area (Å²) < 4.78 is 26.1. The third-order valence-electron chi connectivity index (χ3n) is 2.90. The van der Waals surface area contributed by atoms with Crippen LogP contribution in [0.3, 0.4) is 0 Å². The molecule has 2 nitrogen and oxygen atoms in total. The molecular formula is C12H12F2N2. The van der Waals surface area contributed by atoms with Crippen LogP contribution >= 0.6 is 0 Å². The smallest absolute Gasteiger partial charge is 0.130 e. The Morgan fingerprint density at radius 2 is 2.25 bits per heavy atom. The standard InChI is InChI=1S/C12H12F2N2/c13-10-4-3-9(12(14)6-10)8-16-5-1-2-11(16)7-15/h3-4,6,11H,1-2,5,8H2. The minimum Gasteiger partial charge on any atom is -0.284 e. The van der Waals surface area contributed by atoms with E-state index in [0.717, 1.165) is 25.5 Å². The molecule has 0 radical (unpaired) electrons. The van der Waals surface area contributed by atoms with Gasteiger partial charge >= 0.3 is 0 Å². The van der Waals surface area contributed by atoms with Crippen molar-refractivity contribution in [1.29, 1.82) is 5.26 Å². The van der Waals surface area contributed by atoms with Crippen LogP contribution in [0.1, 0.15) is 18.4 Å². The van der Waals surface area contributed by atoms with Gasteiger partial charge in [0, 0.05) is 18.2 Å². The van der Waals surface area contributed by atoms with Crippen LogP contribution in [-0.2, 0) is 6.54 Å². The largest absolute Gasteiger partial charge is 0.284 e. The molecule has 1 fully saturated rings. The minimum absolute atomic E-state index is 0.135. The summed E-state index contributed by atoms with van der Waals surface area (Å²) in [6, 6.07) is 5.63. The average molecular weight is 222 g/mol. The first-order chi connectivity index (χ1) is 7.70. The average Bonchev–Trinajstić information content (AvgIpc) is 2.69. The monoisotopic (exact) mass is 222 g/mol. The molecule has 0 bridgehead atoms. The molecule has 0 aliphatic carbocycles. The Hall–Kier alpha value is -1.47. The summed E-state index contributed by atoms with van der Waals surface area (Å²) in [7, 11) is 0. The van der Waals surface area contributed by atoms with Crippen LogP contribution in [0.5, 0.6) is 0 Å². The van der Waals surface area contributed by atoms with Crippen molar-refractivity contribution in [2.24, 2.45) is 0 Å². The normalized spacial score (nSPS) is 20.9. The van der Waals surface area contributed by atoms with Gasteiger partial charge in [-0.15, -0.1) is 0 Å². The van der Waals surface area contributed by atoms with Crippen LogP contribution in [0, 0.1) is 23.0 Å². The molecule has 2 rings (SSSR count). The third-order valence-corrected chi connectivity index (χ3v) is 2.90. The Morgan fingerprint density at radius 1 is 1.44 bits per heavy atom. The highest BCUT2D eigenvalue weighted by molar-refractivity contribution is 5.19. The quantitative estimate of drug-likeness (QED) is 0.768. The molecule has 0 spiro atoms. The van der Waals surface area contributed by atoms with Crippen molar-refractivity contribution < 1.29 is 8.78 Å².